The van der Waals surface area contributed by atoms with Gasteiger partial charge in [-0.05, 0) is 36.9 Å². The fourth-order valence-electron chi connectivity index (χ4n) is 2.97. The molecule has 1 heterocycles. The number of ether oxygens (including phenoxy) is 1. The van der Waals surface area contributed by atoms with Gasteiger partial charge < -0.3 is 15.8 Å². The lowest BCUT2D eigenvalue weighted by molar-refractivity contribution is -0.124. The topological polar surface area (TPSA) is 77.2 Å². The Labute approximate surface area is 160 Å². The molecule has 1 aliphatic carbocycles. The van der Waals surface area contributed by atoms with E-state index < -0.39 is 0 Å². The summed E-state index contributed by atoms with van der Waals surface area (Å²) in [5.41, 5.74) is 5.90. The molecule has 3 N–H and O–H groups in total. The van der Waals surface area contributed by atoms with Gasteiger partial charge in [-0.1, -0.05) is 30.9 Å². The van der Waals surface area contributed by atoms with Crippen LogP contribution in [-0.4, -0.2) is 30.6 Å². The van der Waals surface area contributed by atoms with Gasteiger partial charge in [0.1, 0.15) is 11.6 Å². The largest absolute Gasteiger partial charge is 0.475 e. The van der Waals surface area contributed by atoms with Crippen molar-refractivity contribution in [1.82, 2.24) is 10.3 Å². The van der Waals surface area contributed by atoms with Crippen LogP contribution in [0.15, 0.2) is 18.3 Å². The summed E-state index contributed by atoms with van der Waals surface area (Å²) in [7, 11) is 0. The highest BCUT2D eigenvalue weighted by Crippen LogP contribution is 2.38. The molecular weight excluding hydrogens is 373 g/mol. The van der Waals surface area contributed by atoms with Crippen molar-refractivity contribution in [3.05, 3.63) is 23.4 Å². The van der Waals surface area contributed by atoms with Crippen molar-refractivity contribution in [2.24, 2.45) is 11.1 Å². The summed E-state index contributed by atoms with van der Waals surface area (Å²) >= 11 is 5.94. The zero-order valence-corrected chi connectivity index (χ0v) is 16.0. The van der Waals surface area contributed by atoms with Gasteiger partial charge in [0.25, 0.3) is 0 Å². The summed E-state index contributed by atoms with van der Waals surface area (Å²) in [5.74, 6) is 0.437. The lowest BCUT2D eigenvalue weighted by atomic mass is 9.72. The van der Waals surface area contributed by atoms with Crippen LogP contribution < -0.4 is 15.8 Å². The Morgan fingerprint density at radius 3 is 2.67 bits per heavy atom. The zero-order valence-electron chi connectivity index (χ0n) is 13.6. The van der Waals surface area contributed by atoms with Gasteiger partial charge in [-0.3, -0.25) is 4.79 Å². The molecule has 0 unspecified atom stereocenters. The molecule has 1 saturated carbocycles. The zero-order chi connectivity index (χ0) is 15.8. The highest BCUT2D eigenvalue weighted by Gasteiger charge is 2.32. The molecule has 1 fully saturated rings. The molecule has 0 bridgehead atoms. The number of carbonyl (C=O) groups is 1. The predicted octanol–water partition coefficient (Wildman–Crippen LogP) is 3.37. The van der Waals surface area contributed by atoms with Gasteiger partial charge in [0.05, 0.1) is 6.54 Å². The maximum atomic E-state index is 12.1. The SMILES string of the molecule is Cl.Cl.NCC1(CC(=O)NCCOc2ncccc2Cl)CCCCC1. The van der Waals surface area contributed by atoms with Gasteiger partial charge in [0.2, 0.25) is 11.8 Å². The maximum absolute atomic E-state index is 12.1. The molecule has 0 radical (unpaired) electrons. The van der Waals surface area contributed by atoms with Crippen LogP contribution >= 0.6 is 36.4 Å². The number of pyridine rings is 1. The Morgan fingerprint density at radius 2 is 2.04 bits per heavy atom. The second-order valence-corrected chi connectivity index (χ2v) is 6.34. The normalized spacial score (nSPS) is 15.6. The van der Waals surface area contributed by atoms with Gasteiger partial charge >= 0.3 is 0 Å². The minimum absolute atomic E-state index is 0. The molecule has 8 heteroatoms. The fourth-order valence-corrected chi connectivity index (χ4v) is 3.15. The van der Waals surface area contributed by atoms with Gasteiger partial charge in [0, 0.05) is 12.6 Å². The van der Waals surface area contributed by atoms with E-state index in [0.717, 1.165) is 12.8 Å². The van der Waals surface area contributed by atoms with Crippen molar-refractivity contribution in [3.8, 4) is 5.88 Å². The summed E-state index contributed by atoms with van der Waals surface area (Å²) in [5, 5.41) is 3.36. The van der Waals surface area contributed by atoms with E-state index in [9.17, 15) is 4.79 Å². The molecule has 0 saturated heterocycles. The van der Waals surface area contributed by atoms with Gasteiger partial charge in [-0.25, -0.2) is 4.98 Å². The monoisotopic (exact) mass is 397 g/mol. The molecule has 0 spiro atoms. The molecule has 1 aliphatic rings. The highest BCUT2D eigenvalue weighted by atomic mass is 35.5. The Balaban J connectivity index is 0.00000264. The Kier molecular flexibility index (Phi) is 11.4. The summed E-state index contributed by atoms with van der Waals surface area (Å²) < 4.78 is 5.45. The summed E-state index contributed by atoms with van der Waals surface area (Å²) in [6.45, 7) is 1.37. The van der Waals surface area contributed by atoms with Crippen LogP contribution in [0.4, 0.5) is 0 Å². The summed E-state index contributed by atoms with van der Waals surface area (Å²) in [4.78, 5) is 16.1. The van der Waals surface area contributed by atoms with Crippen molar-refractivity contribution in [2.75, 3.05) is 19.7 Å². The number of rotatable bonds is 7. The first-order valence-corrected chi connectivity index (χ1v) is 8.23. The summed E-state index contributed by atoms with van der Waals surface area (Å²) in [6.07, 6.45) is 7.83. The number of hydrogen-bond donors (Lipinski definition) is 2. The molecule has 0 atom stereocenters. The number of nitrogens with two attached hydrogens (primary N) is 1. The first-order chi connectivity index (χ1) is 10.7. The van der Waals surface area contributed by atoms with E-state index >= 15 is 0 Å². The number of carbonyl (C=O) groups excluding carboxylic acids is 1. The molecular formula is C16H26Cl3N3O2. The predicted molar refractivity (Wildman–Crippen MR) is 101 cm³/mol. The van der Waals surface area contributed by atoms with E-state index in [1.54, 1.807) is 18.3 Å². The molecule has 2 rings (SSSR count). The minimum atomic E-state index is -0.00646. The Hall–Kier alpha value is -0.750. The van der Waals surface area contributed by atoms with E-state index in [-0.39, 0.29) is 36.1 Å². The van der Waals surface area contributed by atoms with Crippen molar-refractivity contribution >= 4 is 42.3 Å². The van der Waals surface area contributed by atoms with Gasteiger partial charge in [-0.15, -0.1) is 24.8 Å². The van der Waals surface area contributed by atoms with Gasteiger partial charge in [0.15, 0.2) is 0 Å². The van der Waals surface area contributed by atoms with Crippen molar-refractivity contribution < 1.29 is 9.53 Å². The average Bonchev–Trinajstić information content (AvgIpc) is 2.54. The number of amides is 1. The summed E-state index contributed by atoms with van der Waals surface area (Å²) in [6, 6.07) is 3.46. The van der Waals surface area contributed by atoms with Crippen LogP contribution in [0, 0.1) is 5.41 Å². The molecule has 0 aliphatic heterocycles. The first-order valence-electron chi connectivity index (χ1n) is 7.85. The van der Waals surface area contributed by atoms with Crippen LogP contribution in [-0.2, 0) is 4.79 Å². The molecule has 24 heavy (non-hydrogen) atoms. The van der Waals surface area contributed by atoms with E-state index in [2.05, 4.69) is 10.3 Å². The average molecular weight is 399 g/mol. The lowest BCUT2D eigenvalue weighted by Crippen LogP contribution is -2.39. The number of aromatic nitrogens is 1. The van der Waals surface area contributed by atoms with E-state index in [1.807, 2.05) is 0 Å². The third-order valence-electron chi connectivity index (χ3n) is 4.27. The fraction of sp³-hybridized carbons (Fsp3) is 0.625. The Morgan fingerprint density at radius 1 is 1.33 bits per heavy atom. The van der Waals surface area contributed by atoms with Crippen molar-refractivity contribution in [1.29, 1.82) is 0 Å². The van der Waals surface area contributed by atoms with E-state index in [1.165, 1.54) is 19.3 Å². The third-order valence-corrected chi connectivity index (χ3v) is 4.56. The smallest absolute Gasteiger partial charge is 0.232 e. The molecule has 5 nitrogen and oxygen atoms in total. The van der Waals surface area contributed by atoms with E-state index in [0.29, 0.717) is 37.0 Å². The van der Waals surface area contributed by atoms with Crippen LogP contribution in [0.25, 0.3) is 0 Å². The standard InChI is InChI=1S/C16H24ClN3O2.2ClH/c17-13-5-4-8-20-15(13)22-10-9-19-14(21)11-16(12-18)6-2-1-3-7-16;;/h4-5,8H,1-3,6-7,9-12,18H2,(H,19,21);2*1H. The second-order valence-electron chi connectivity index (χ2n) is 5.93. The number of nitrogens with zero attached hydrogens (tertiary/aromatic N) is 1. The van der Waals surface area contributed by atoms with Crippen molar-refractivity contribution in [2.45, 2.75) is 38.5 Å². The van der Waals surface area contributed by atoms with Crippen LogP contribution in [0.1, 0.15) is 38.5 Å². The molecule has 1 aromatic heterocycles. The molecule has 1 aromatic rings. The van der Waals surface area contributed by atoms with E-state index in [4.69, 9.17) is 22.1 Å². The quantitative estimate of drug-likeness (QED) is 0.690. The minimum Gasteiger partial charge on any atom is -0.475 e. The number of halogens is 3. The first kappa shape index (κ1) is 23.2. The third kappa shape index (κ3) is 7.01. The Bertz CT molecular complexity index is 497. The van der Waals surface area contributed by atoms with Crippen LogP contribution in [0.5, 0.6) is 5.88 Å². The van der Waals surface area contributed by atoms with Crippen LogP contribution in [0.2, 0.25) is 5.02 Å². The van der Waals surface area contributed by atoms with Crippen molar-refractivity contribution in [3.63, 3.8) is 0 Å². The molecule has 138 valence electrons. The van der Waals surface area contributed by atoms with Gasteiger partial charge in [-0.2, -0.15) is 0 Å². The number of hydrogen-bond acceptors (Lipinski definition) is 4. The second kappa shape index (κ2) is 11.7. The molecule has 1 amide bonds. The maximum Gasteiger partial charge on any atom is 0.232 e. The highest BCUT2D eigenvalue weighted by molar-refractivity contribution is 6.31. The lowest BCUT2D eigenvalue weighted by Gasteiger charge is -2.35. The van der Waals surface area contributed by atoms with Crippen LogP contribution in [0.3, 0.4) is 0 Å². The number of nitrogens with one attached hydrogen (secondary N) is 1. The molecule has 0 aromatic carbocycles.